The van der Waals surface area contributed by atoms with E-state index in [0.717, 1.165) is 6.42 Å². The Kier molecular flexibility index (Phi) is 3.03. The number of rotatable bonds is 4. The van der Waals surface area contributed by atoms with E-state index in [4.69, 9.17) is 5.11 Å². The van der Waals surface area contributed by atoms with Crippen LogP contribution in [0.25, 0.3) is 0 Å². The first kappa shape index (κ1) is 11.5. The molecule has 17 heavy (non-hydrogen) atoms. The maximum Gasteiger partial charge on any atom is 0.305 e. The topological polar surface area (TPSA) is 92.2 Å². The molecule has 0 aromatic carbocycles. The van der Waals surface area contributed by atoms with Crippen molar-refractivity contribution in [2.24, 2.45) is 0 Å². The van der Waals surface area contributed by atoms with E-state index >= 15 is 0 Å². The Morgan fingerprint density at radius 3 is 2.47 bits per heavy atom. The predicted molar refractivity (Wildman–Crippen MR) is 58.3 cm³/mol. The van der Waals surface area contributed by atoms with Gasteiger partial charge in [-0.1, -0.05) is 0 Å². The van der Waals surface area contributed by atoms with Gasteiger partial charge in [-0.2, -0.15) is 0 Å². The van der Waals surface area contributed by atoms with Gasteiger partial charge < -0.3 is 10.4 Å². The Morgan fingerprint density at radius 1 is 1.35 bits per heavy atom. The fraction of sp³-hybridized carbons (Fsp3) is 0.455. The van der Waals surface area contributed by atoms with Gasteiger partial charge in [-0.3, -0.25) is 9.59 Å². The third kappa shape index (κ3) is 2.58. The standard InChI is InChI=1S/C11H13N3O3/c15-9(16)4-11(2-1-3-11)14-10(17)8-5-12-7-13-6-8/h5-7H,1-4H2,(H,14,17)(H,15,16). The number of aliphatic carboxylic acids is 1. The summed E-state index contributed by atoms with van der Waals surface area (Å²) >= 11 is 0. The lowest BCUT2D eigenvalue weighted by Gasteiger charge is -2.41. The largest absolute Gasteiger partial charge is 0.481 e. The summed E-state index contributed by atoms with van der Waals surface area (Å²) in [7, 11) is 0. The van der Waals surface area contributed by atoms with Gasteiger partial charge in [0.1, 0.15) is 6.33 Å². The first-order chi connectivity index (χ1) is 8.11. The highest BCUT2D eigenvalue weighted by Gasteiger charge is 2.40. The molecular weight excluding hydrogens is 222 g/mol. The zero-order valence-electron chi connectivity index (χ0n) is 9.22. The predicted octanol–water partition coefficient (Wildman–Crippen LogP) is 0.604. The van der Waals surface area contributed by atoms with Crippen molar-refractivity contribution in [2.45, 2.75) is 31.2 Å². The van der Waals surface area contributed by atoms with E-state index < -0.39 is 11.5 Å². The molecule has 0 bridgehead atoms. The van der Waals surface area contributed by atoms with Gasteiger partial charge in [-0.05, 0) is 19.3 Å². The van der Waals surface area contributed by atoms with Gasteiger partial charge in [0.25, 0.3) is 5.91 Å². The molecule has 90 valence electrons. The van der Waals surface area contributed by atoms with Gasteiger partial charge in [-0.25, -0.2) is 9.97 Å². The molecule has 1 aromatic heterocycles. The maximum atomic E-state index is 11.9. The lowest BCUT2D eigenvalue weighted by Crippen LogP contribution is -2.54. The molecule has 6 nitrogen and oxygen atoms in total. The molecule has 0 aliphatic heterocycles. The van der Waals surface area contributed by atoms with Crippen molar-refractivity contribution in [3.63, 3.8) is 0 Å². The van der Waals surface area contributed by atoms with E-state index in [0.29, 0.717) is 18.4 Å². The molecule has 0 radical (unpaired) electrons. The van der Waals surface area contributed by atoms with Gasteiger partial charge in [0.15, 0.2) is 0 Å². The molecule has 0 saturated heterocycles. The van der Waals surface area contributed by atoms with Crippen LogP contribution in [0.3, 0.4) is 0 Å². The van der Waals surface area contributed by atoms with E-state index in [1.807, 2.05) is 0 Å². The molecule has 1 saturated carbocycles. The Hall–Kier alpha value is -1.98. The summed E-state index contributed by atoms with van der Waals surface area (Å²) in [4.78, 5) is 30.1. The molecule has 0 spiro atoms. The molecule has 1 heterocycles. The minimum atomic E-state index is -0.894. The highest BCUT2D eigenvalue weighted by molar-refractivity contribution is 5.94. The van der Waals surface area contributed by atoms with E-state index in [2.05, 4.69) is 15.3 Å². The van der Waals surface area contributed by atoms with Crippen molar-refractivity contribution in [1.29, 1.82) is 0 Å². The zero-order chi connectivity index (χ0) is 12.3. The van der Waals surface area contributed by atoms with E-state index in [1.165, 1.54) is 18.7 Å². The number of carboxylic acid groups (broad SMARTS) is 1. The smallest absolute Gasteiger partial charge is 0.305 e. The Labute approximate surface area is 98.1 Å². The highest BCUT2D eigenvalue weighted by atomic mass is 16.4. The van der Waals surface area contributed by atoms with Gasteiger partial charge >= 0.3 is 5.97 Å². The van der Waals surface area contributed by atoms with Gasteiger partial charge in [-0.15, -0.1) is 0 Å². The number of carbonyl (C=O) groups excluding carboxylic acids is 1. The lowest BCUT2D eigenvalue weighted by molar-refractivity contribution is -0.139. The van der Waals surface area contributed by atoms with Crippen molar-refractivity contribution in [3.8, 4) is 0 Å². The van der Waals surface area contributed by atoms with Crippen molar-refractivity contribution in [2.75, 3.05) is 0 Å². The first-order valence-corrected chi connectivity index (χ1v) is 5.41. The van der Waals surface area contributed by atoms with Crippen LogP contribution < -0.4 is 5.32 Å². The number of nitrogens with zero attached hydrogens (tertiary/aromatic N) is 2. The molecule has 1 aliphatic carbocycles. The number of hydrogen-bond acceptors (Lipinski definition) is 4. The SMILES string of the molecule is O=C(O)CC1(NC(=O)c2cncnc2)CCC1. The normalized spacial score (nSPS) is 16.9. The van der Waals surface area contributed by atoms with Gasteiger partial charge in [0, 0.05) is 12.4 Å². The maximum absolute atomic E-state index is 11.9. The van der Waals surface area contributed by atoms with Crippen molar-refractivity contribution >= 4 is 11.9 Å². The first-order valence-electron chi connectivity index (χ1n) is 5.41. The average molecular weight is 235 g/mol. The Morgan fingerprint density at radius 2 is 2.00 bits per heavy atom. The minimum absolute atomic E-state index is 0.0353. The second-order valence-corrected chi connectivity index (χ2v) is 4.29. The molecule has 2 N–H and O–H groups in total. The average Bonchev–Trinajstić information content (AvgIpc) is 2.26. The molecule has 1 fully saturated rings. The molecule has 0 unspecified atom stereocenters. The van der Waals surface area contributed by atoms with E-state index in [9.17, 15) is 9.59 Å². The van der Waals surface area contributed by atoms with Crippen LogP contribution in [0.15, 0.2) is 18.7 Å². The summed E-state index contributed by atoms with van der Waals surface area (Å²) in [5.41, 5.74) is -0.233. The van der Waals surface area contributed by atoms with Crippen LogP contribution in [0.4, 0.5) is 0 Å². The Bertz CT molecular complexity index is 429. The van der Waals surface area contributed by atoms with Crippen LogP contribution in [0, 0.1) is 0 Å². The van der Waals surface area contributed by atoms with Crippen LogP contribution in [-0.4, -0.2) is 32.5 Å². The van der Waals surface area contributed by atoms with Crippen LogP contribution in [0.5, 0.6) is 0 Å². The van der Waals surface area contributed by atoms with E-state index in [1.54, 1.807) is 0 Å². The molecule has 6 heteroatoms. The monoisotopic (exact) mass is 235 g/mol. The van der Waals surface area contributed by atoms with Gasteiger partial charge in [0.2, 0.25) is 0 Å². The summed E-state index contributed by atoms with van der Waals surface area (Å²) in [5.74, 6) is -1.21. The van der Waals surface area contributed by atoms with Crippen LogP contribution in [-0.2, 0) is 4.79 Å². The minimum Gasteiger partial charge on any atom is -0.481 e. The van der Waals surface area contributed by atoms with Crippen LogP contribution >= 0.6 is 0 Å². The van der Waals surface area contributed by atoms with Crippen LogP contribution in [0.1, 0.15) is 36.0 Å². The van der Waals surface area contributed by atoms with Gasteiger partial charge in [0.05, 0.1) is 17.5 Å². The summed E-state index contributed by atoms with van der Waals surface area (Å²) in [5, 5.41) is 11.6. The molecule has 1 aliphatic rings. The fourth-order valence-electron chi connectivity index (χ4n) is 1.97. The van der Waals surface area contributed by atoms with E-state index in [-0.39, 0.29) is 12.3 Å². The summed E-state index contributed by atoms with van der Waals surface area (Å²) in [6, 6.07) is 0. The fourth-order valence-corrected chi connectivity index (χ4v) is 1.97. The summed E-state index contributed by atoms with van der Waals surface area (Å²) in [6.07, 6.45) is 6.49. The lowest BCUT2D eigenvalue weighted by atomic mass is 9.74. The molecule has 0 atom stereocenters. The third-order valence-corrected chi connectivity index (χ3v) is 3.00. The summed E-state index contributed by atoms with van der Waals surface area (Å²) < 4.78 is 0. The summed E-state index contributed by atoms with van der Waals surface area (Å²) in [6.45, 7) is 0. The highest BCUT2D eigenvalue weighted by Crippen LogP contribution is 2.35. The van der Waals surface area contributed by atoms with Crippen molar-refractivity contribution in [3.05, 3.63) is 24.3 Å². The molecule has 1 amide bonds. The number of amides is 1. The number of aromatic nitrogens is 2. The van der Waals surface area contributed by atoms with Crippen molar-refractivity contribution in [1.82, 2.24) is 15.3 Å². The number of nitrogens with one attached hydrogen (secondary N) is 1. The molecule has 2 rings (SSSR count). The quantitative estimate of drug-likeness (QED) is 0.797. The van der Waals surface area contributed by atoms with Crippen LogP contribution in [0.2, 0.25) is 0 Å². The molecular formula is C11H13N3O3. The number of carbonyl (C=O) groups is 2. The third-order valence-electron chi connectivity index (χ3n) is 3.00. The molecule has 1 aromatic rings. The zero-order valence-corrected chi connectivity index (χ0v) is 9.22. The number of hydrogen-bond donors (Lipinski definition) is 2. The van der Waals surface area contributed by atoms with Crippen molar-refractivity contribution < 1.29 is 14.7 Å². The second-order valence-electron chi connectivity index (χ2n) is 4.29. The second kappa shape index (κ2) is 4.48. The number of carboxylic acids is 1. The Balaban J connectivity index is 2.05.